The van der Waals surface area contributed by atoms with E-state index < -0.39 is 0 Å². The highest BCUT2D eigenvalue weighted by molar-refractivity contribution is 5.80. The first kappa shape index (κ1) is 24.3. The first-order valence-electron chi connectivity index (χ1n) is 12.9. The van der Waals surface area contributed by atoms with Crippen molar-refractivity contribution in [1.29, 1.82) is 0 Å². The number of amides is 1. The van der Waals surface area contributed by atoms with Crippen LogP contribution in [0.15, 0.2) is 4.99 Å². The number of rotatable bonds is 10. The maximum absolute atomic E-state index is 12.6. The second kappa shape index (κ2) is 13.9. The van der Waals surface area contributed by atoms with Crippen LogP contribution in [0.4, 0.5) is 0 Å². The quantitative estimate of drug-likeness (QED) is 0.314. The van der Waals surface area contributed by atoms with Gasteiger partial charge in [0.15, 0.2) is 5.96 Å². The zero-order valence-electron chi connectivity index (χ0n) is 19.7. The molecule has 1 amide bonds. The van der Waals surface area contributed by atoms with Gasteiger partial charge in [-0.3, -0.25) is 14.7 Å². The van der Waals surface area contributed by atoms with E-state index in [-0.39, 0.29) is 0 Å². The maximum atomic E-state index is 12.6. The van der Waals surface area contributed by atoms with Gasteiger partial charge in [0.2, 0.25) is 5.91 Å². The van der Waals surface area contributed by atoms with E-state index in [0.717, 1.165) is 84.2 Å². The summed E-state index contributed by atoms with van der Waals surface area (Å²) in [7, 11) is 0. The molecule has 178 valence electrons. The van der Waals surface area contributed by atoms with E-state index in [9.17, 15) is 4.79 Å². The summed E-state index contributed by atoms with van der Waals surface area (Å²) < 4.78 is 6.00. The van der Waals surface area contributed by atoms with Crippen LogP contribution in [0.5, 0.6) is 0 Å². The smallest absolute Gasteiger partial charge is 0.225 e. The van der Waals surface area contributed by atoms with Crippen molar-refractivity contribution in [3.05, 3.63) is 0 Å². The molecule has 1 heterocycles. The lowest BCUT2D eigenvalue weighted by Crippen LogP contribution is -2.51. The number of hydrogen-bond donors (Lipinski definition) is 2. The molecule has 0 spiro atoms. The third-order valence-electron chi connectivity index (χ3n) is 6.93. The minimum atomic E-state index is 0.306. The van der Waals surface area contributed by atoms with Crippen molar-refractivity contribution in [2.24, 2.45) is 10.9 Å². The van der Waals surface area contributed by atoms with Crippen molar-refractivity contribution in [3.63, 3.8) is 0 Å². The fourth-order valence-corrected chi connectivity index (χ4v) is 5.03. The molecule has 2 N–H and O–H groups in total. The molecule has 0 bridgehead atoms. The number of guanidine groups is 1. The molecule has 3 rings (SSSR count). The van der Waals surface area contributed by atoms with E-state index in [1.807, 2.05) is 0 Å². The lowest BCUT2D eigenvalue weighted by Gasteiger charge is -2.36. The highest BCUT2D eigenvalue weighted by Gasteiger charge is 2.29. The largest absolute Gasteiger partial charge is 0.378 e. The van der Waals surface area contributed by atoms with Crippen molar-refractivity contribution in [1.82, 2.24) is 20.4 Å². The molecule has 3 aliphatic rings. The first-order valence-corrected chi connectivity index (χ1v) is 12.9. The monoisotopic (exact) mass is 435 g/mol. The molecular formula is C24H45N5O2. The van der Waals surface area contributed by atoms with E-state index in [0.29, 0.717) is 17.9 Å². The van der Waals surface area contributed by atoms with Crippen LogP contribution in [0.3, 0.4) is 0 Å². The van der Waals surface area contributed by atoms with Crippen LogP contribution in [0.25, 0.3) is 0 Å². The van der Waals surface area contributed by atoms with Gasteiger partial charge in [-0.2, -0.15) is 0 Å². The number of nitrogens with zero attached hydrogens (tertiary/aromatic N) is 3. The fraction of sp³-hybridized carbons (Fsp3) is 0.917. The van der Waals surface area contributed by atoms with Gasteiger partial charge in [0.05, 0.1) is 6.10 Å². The minimum Gasteiger partial charge on any atom is -0.378 e. The predicted molar refractivity (Wildman–Crippen MR) is 126 cm³/mol. The standard InChI is InChI=1S/C24H45N5O2/c1-2-25-24(26-13-8-20-31-22-11-4-3-5-12-22)27-14-15-28-16-18-29(19-17-28)23(30)21-9-6-7-10-21/h21-22H,2-20H2,1H3,(H2,25,26,27). The van der Waals surface area contributed by atoms with Gasteiger partial charge in [0.1, 0.15) is 0 Å². The topological polar surface area (TPSA) is 69.2 Å². The van der Waals surface area contributed by atoms with Crippen molar-refractivity contribution >= 4 is 11.9 Å². The summed E-state index contributed by atoms with van der Waals surface area (Å²) in [6.07, 6.45) is 12.6. The molecule has 1 saturated heterocycles. The molecule has 1 aliphatic heterocycles. The Morgan fingerprint density at radius 3 is 2.39 bits per heavy atom. The Labute approximate surface area is 189 Å². The number of ether oxygens (including phenoxy) is 1. The molecule has 2 saturated carbocycles. The van der Waals surface area contributed by atoms with Gasteiger partial charge in [-0.15, -0.1) is 0 Å². The van der Waals surface area contributed by atoms with Crippen LogP contribution in [0.1, 0.15) is 71.1 Å². The van der Waals surface area contributed by atoms with Crippen LogP contribution < -0.4 is 10.6 Å². The van der Waals surface area contributed by atoms with Crippen molar-refractivity contribution in [2.75, 3.05) is 59.0 Å². The average Bonchev–Trinajstić information content (AvgIpc) is 3.34. The van der Waals surface area contributed by atoms with Gasteiger partial charge in [-0.1, -0.05) is 32.1 Å². The van der Waals surface area contributed by atoms with Crippen molar-refractivity contribution in [3.8, 4) is 0 Å². The van der Waals surface area contributed by atoms with E-state index in [1.165, 1.54) is 44.9 Å². The fourth-order valence-electron chi connectivity index (χ4n) is 5.03. The number of nitrogens with one attached hydrogen (secondary N) is 2. The summed E-state index contributed by atoms with van der Waals surface area (Å²) in [4.78, 5) is 21.8. The SMILES string of the molecule is CCNC(=NCCCOC1CCCCC1)NCCN1CCN(C(=O)C2CCCC2)CC1. The van der Waals surface area contributed by atoms with Crippen LogP contribution in [0, 0.1) is 5.92 Å². The molecule has 0 atom stereocenters. The molecular weight excluding hydrogens is 390 g/mol. The van der Waals surface area contributed by atoms with E-state index in [4.69, 9.17) is 9.73 Å². The Morgan fingerprint density at radius 1 is 0.968 bits per heavy atom. The van der Waals surface area contributed by atoms with Crippen molar-refractivity contribution < 1.29 is 9.53 Å². The Morgan fingerprint density at radius 2 is 1.68 bits per heavy atom. The Kier molecular flexibility index (Phi) is 10.9. The molecule has 0 aromatic rings. The molecule has 7 nitrogen and oxygen atoms in total. The van der Waals surface area contributed by atoms with Gasteiger partial charge >= 0.3 is 0 Å². The van der Waals surface area contributed by atoms with E-state index in [2.05, 4.69) is 27.4 Å². The van der Waals surface area contributed by atoms with Gasteiger partial charge < -0.3 is 20.3 Å². The molecule has 0 aromatic carbocycles. The highest BCUT2D eigenvalue weighted by atomic mass is 16.5. The summed E-state index contributed by atoms with van der Waals surface area (Å²) in [5, 5.41) is 6.80. The van der Waals surface area contributed by atoms with Crippen LogP contribution >= 0.6 is 0 Å². The summed E-state index contributed by atoms with van der Waals surface area (Å²) in [6, 6.07) is 0. The second-order valence-corrected chi connectivity index (χ2v) is 9.32. The molecule has 0 radical (unpaired) electrons. The zero-order valence-corrected chi connectivity index (χ0v) is 19.7. The first-order chi connectivity index (χ1) is 15.3. The van der Waals surface area contributed by atoms with Gasteiger partial charge in [-0.25, -0.2) is 0 Å². The Bertz CT molecular complexity index is 536. The predicted octanol–water partition coefficient (Wildman–Crippen LogP) is 2.62. The molecule has 7 heteroatoms. The Hall–Kier alpha value is -1.34. The number of carbonyl (C=O) groups is 1. The average molecular weight is 436 g/mol. The summed E-state index contributed by atoms with van der Waals surface area (Å²) in [5.41, 5.74) is 0. The third-order valence-corrected chi connectivity index (χ3v) is 6.93. The summed E-state index contributed by atoms with van der Waals surface area (Å²) in [6.45, 7) is 10.2. The molecule has 3 fully saturated rings. The minimum absolute atomic E-state index is 0.306. The zero-order chi connectivity index (χ0) is 21.7. The van der Waals surface area contributed by atoms with E-state index in [1.54, 1.807) is 0 Å². The molecule has 31 heavy (non-hydrogen) atoms. The lowest BCUT2D eigenvalue weighted by molar-refractivity contribution is -0.137. The lowest BCUT2D eigenvalue weighted by atomic mass is 9.98. The highest BCUT2D eigenvalue weighted by Crippen LogP contribution is 2.26. The number of aliphatic imine (C=N–C) groups is 1. The summed E-state index contributed by atoms with van der Waals surface area (Å²) in [5.74, 6) is 1.61. The number of hydrogen-bond acceptors (Lipinski definition) is 4. The number of carbonyl (C=O) groups excluding carboxylic acids is 1. The molecule has 0 unspecified atom stereocenters. The summed E-state index contributed by atoms with van der Waals surface area (Å²) >= 11 is 0. The van der Waals surface area contributed by atoms with Gasteiger partial charge in [0.25, 0.3) is 0 Å². The van der Waals surface area contributed by atoms with Gasteiger partial charge in [-0.05, 0) is 39.0 Å². The molecule has 0 aromatic heterocycles. The molecule has 2 aliphatic carbocycles. The van der Waals surface area contributed by atoms with Crippen LogP contribution in [0.2, 0.25) is 0 Å². The Balaban J connectivity index is 1.26. The van der Waals surface area contributed by atoms with Crippen LogP contribution in [-0.2, 0) is 9.53 Å². The van der Waals surface area contributed by atoms with E-state index >= 15 is 0 Å². The second-order valence-electron chi connectivity index (χ2n) is 9.32. The maximum Gasteiger partial charge on any atom is 0.225 e. The van der Waals surface area contributed by atoms with Crippen molar-refractivity contribution in [2.45, 2.75) is 77.2 Å². The van der Waals surface area contributed by atoms with Crippen LogP contribution in [-0.4, -0.2) is 86.7 Å². The third kappa shape index (κ3) is 8.60. The normalized spacial score (nSPS) is 22.1. The number of piperazine rings is 1. The van der Waals surface area contributed by atoms with Gasteiger partial charge in [0, 0.05) is 64.9 Å².